The van der Waals surface area contributed by atoms with Gasteiger partial charge in [0.15, 0.2) is 6.10 Å². The molecule has 0 aliphatic carbocycles. The summed E-state index contributed by atoms with van der Waals surface area (Å²) in [6.07, 6.45) is 37.9. The first kappa shape index (κ1) is 49.4. The van der Waals surface area contributed by atoms with Crippen molar-refractivity contribution in [2.45, 2.75) is 252 Å². The quantitative estimate of drug-likeness (QED) is 0.0356. The van der Waals surface area contributed by atoms with Crippen LogP contribution in [-0.4, -0.2) is 37.2 Å². The van der Waals surface area contributed by atoms with Gasteiger partial charge in [0.2, 0.25) is 0 Å². The predicted molar refractivity (Wildman–Crippen MR) is 215 cm³/mol. The van der Waals surface area contributed by atoms with Crippen LogP contribution in [0.15, 0.2) is 0 Å². The fraction of sp³-hybridized carbons (Fsp3) is 0.933. The Hall–Kier alpha value is -1.59. The first-order chi connectivity index (χ1) is 24.9. The van der Waals surface area contributed by atoms with E-state index in [-0.39, 0.29) is 31.1 Å². The third kappa shape index (κ3) is 38.0. The zero-order valence-corrected chi connectivity index (χ0v) is 34.6. The molecule has 0 fully saturated rings. The molecule has 0 rings (SSSR count). The summed E-state index contributed by atoms with van der Waals surface area (Å²) in [6.45, 7) is 8.98. The van der Waals surface area contributed by atoms with E-state index in [1.807, 2.05) is 0 Å². The second-order valence-corrected chi connectivity index (χ2v) is 15.6. The van der Waals surface area contributed by atoms with Crippen LogP contribution in [0.2, 0.25) is 0 Å². The van der Waals surface area contributed by atoms with E-state index in [0.29, 0.717) is 19.3 Å². The van der Waals surface area contributed by atoms with Gasteiger partial charge in [0.25, 0.3) is 0 Å². The van der Waals surface area contributed by atoms with Crippen LogP contribution in [0.5, 0.6) is 0 Å². The Labute approximate surface area is 317 Å². The standard InChI is InChI=1S/C45H86O6/c1-5-8-10-12-14-16-18-20-25-29-33-37-44(47)50-40-42(39-49-43(46)36-32-28-24-19-17-15-13-11-9-6-2)51-45(48)38-34-30-26-22-21-23-27-31-35-41(4)7-3/h41-42H,5-40H2,1-4H3/t41?,42-/m1/s1. The molecular formula is C45H86O6. The minimum atomic E-state index is -0.758. The van der Waals surface area contributed by atoms with Crippen LogP contribution in [0.25, 0.3) is 0 Å². The van der Waals surface area contributed by atoms with E-state index < -0.39 is 6.10 Å². The Morgan fingerprint density at radius 2 is 0.686 bits per heavy atom. The molecule has 0 aromatic heterocycles. The molecule has 0 N–H and O–H groups in total. The zero-order chi connectivity index (χ0) is 37.5. The average molecular weight is 723 g/mol. The van der Waals surface area contributed by atoms with E-state index in [0.717, 1.165) is 63.7 Å². The van der Waals surface area contributed by atoms with Crippen LogP contribution < -0.4 is 0 Å². The highest BCUT2D eigenvalue weighted by molar-refractivity contribution is 5.71. The lowest BCUT2D eigenvalue weighted by Crippen LogP contribution is -2.30. The molecule has 0 aromatic carbocycles. The van der Waals surface area contributed by atoms with Gasteiger partial charge in [-0.05, 0) is 25.2 Å². The van der Waals surface area contributed by atoms with Crippen molar-refractivity contribution in [1.82, 2.24) is 0 Å². The molecule has 0 aromatic rings. The van der Waals surface area contributed by atoms with Gasteiger partial charge in [-0.1, -0.05) is 207 Å². The maximum Gasteiger partial charge on any atom is 0.306 e. The molecule has 0 radical (unpaired) electrons. The van der Waals surface area contributed by atoms with Crippen LogP contribution in [0.4, 0.5) is 0 Å². The van der Waals surface area contributed by atoms with Gasteiger partial charge in [0.1, 0.15) is 13.2 Å². The largest absolute Gasteiger partial charge is 0.462 e. The molecule has 0 amide bonds. The van der Waals surface area contributed by atoms with Crippen molar-refractivity contribution in [1.29, 1.82) is 0 Å². The van der Waals surface area contributed by atoms with Crippen molar-refractivity contribution in [2.24, 2.45) is 5.92 Å². The van der Waals surface area contributed by atoms with Gasteiger partial charge in [0, 0.05) is 19.3 Å². The number of rotatable bonds is 40. The molecule has 0 bridgehead atoms. The molecule has 0 aliphatic rings. The van der Waals surface area contributed by atoms with Gasteiger partial charge < -0.3 is 14.2 Å². The topological polar surface area (TPSA) is 78.9 Å². The lowest BCUT2D eigenvalue weighted by Gasteiger charge is -2.18. The Bertz CT molecular complexity index is 768. The molecule has 6 heteroatoms. The van der Waals surface area contributed by atoms with Crippen molar-refractivity contribution in [3.63, 3.8) is 0 Å². The molecule has 0 spiro atoms. The van der Waals surface area contributed by atoms with Crippen molar-refractivity contribution in [2.75, 3.05) is 13.2 Å². The summed E-state index contributed by atoms with van der Waals surface area (Å²) in [7, 11) is 0. The summed E-state index contributed by atoms with van der Waals surface area (Å²) in [5, 5.41) is 0. The molecular weight excluding hydrogens is 636 g/mol. The highest BCUT2D eigenvalue weighted by atomic mass is 16.6. The Morgan fingerprint density at radius 3 is 1.02 bits per heavy atom. The number of ether oxygens (including phenoxy) is 3. The molecule has 2 atom stereocenters. The van der Waals surface area contributed by atoms with Gasteiger partial charge in [-0.2, -0.15) is 0 Å². The molecule has 0 saturated heterocycles. The Balaban J connectivity index is 4.35. The summed E-state index contributed by atoms with van der Waals surface area (Å²) in [5.74, 6) is -0.0134. The number of carbonyl (C=O) groups is 3. The molecule has 51 heavy (non-hydrogen) atoms. The molecule has 0 aliphatic heterocycles. The van der Waals surface area contributed by atoms with Crippen LogP contribution >= 0.6 is 0 Å². The Morgan fingerprint density at radius 1 is 0.392 bits per heavy atom. The maximum atomic E-state index is 12.7. The number of hydrogen-bond acceptors (Lipinski definition) is 6. The maximum absolute atomic E-state index is 12.7. The van der Waals surface area contributed by atoms with Crippen LogP contribution in [0, 0.1) is 5.92 Å². The third-order valence-electron chi connectivity index (χ3n) is 10.4. The van der Waals surface area contributed by atoms with E-state index in [2.05, 4.69) is 27.7 Å². The molecule has 0 heterocycles. The normalized spacial score (nSPS) is 12.5. The monoisotopic (exact) mass is 723 g/mol. The van der Waals surface area contributed by atoms with Gasteiger partial charge in [0.05, 0.1) is 0 Å². The van der Waals surface area contributed by atoms with Crippen molar-refractivity contribution in [3.8, 4) is 0 Å². The van der Waals surface area contributed by atoms with Crippen molar-refractivity contribution < 1.29 is 28.6 Å². The first-order valence-corrected chi connectivity index (χ1v) is 22.4. The summed E-state index contributed by atoms with van der Waals surface area (Å²) < 4.78 is 16.7. The number of carbonyl (C=O) groups excluding carboxylic acids is 3. The summed E-state index contributed by atoms with van der Waals surface area (Å²) in [5.41, 5.74) is 0. The minimum absolute atomic E-state index is 0.0643. The van der Waals surface area contributed by atoms with Crippen LogP contribution in [0.3, 0.4) is 0 Å². The highest BCUT2D eigenvalue weighted by Crippen LogP contribution is 2.16. The lowest BCUT2D eigenvalue weighted by molar-refractivity contribution is -0.167. The summed E-state index contributed by atoms with van der Waals surface area (Å²) in [4.78, 5) is 37.6. The summed E-state index contributed by atoms with van der Waals surface area (Å²) >= 11 is 0. The van der Waals surface area contributed by atoms with Crippen molar-refractivity contribution in [3.05, 3.63) is 0 Å². The van der Waals surface area contributed by atoms with Gasteiger partial charge >= 0.3 is 17.9 Å². The molecule has 0 saturated carbocycles. The third-order valence-corrected chi connectivity index (χ3v) is 10.4. The van der Waals surface area contributed by atoms with Gasteiger partial charge in [-0.3, -0.25) is 14.4 Å². The fourth-order valence-electron chi connectivity index (χ4n) is 6.59. The van der Waals surface area contributed by atoms with Gasteiger partial charge in [-0.15, -0.1) is 0 Å². The van der Waals surface area contributed by atoms with Crippen LogP contribution in [-0.2, 0) is 28.6 Å². The SMILES string of the molecule is CCCCCCCCCCCCCC(=O)OC[C@@H](COC(=O)CCCCCCCCCCCC)OC(=O)CCCCCCCCCCC(C)CC. The van der Waals surface area contributed by atoms with Crippen LogP contribution in [0.1, 0.15) is 246 Å². The average Bonchev–Trinajstić information content (AvgIpc) is 3.13. The van der Waals surface area contributed by atoms with E-state index in [1.165, 1.54) is 141 Å². The number of hydrogen-bond donors (Lipinski definition) is 0. The van der Waals surface area contributed by atoms with E-state index in [1.54, 1.807) is 0 Å². The number of esters is 3. The zero-order valence-electron chi connectivity index (χ0n) is 34.6. The van der Waals surface area contributed by atoms with E-state index in [4.69, 9.17) is 14.2 Å². The van der Waals surface area contributed by atoms with Crippen molar-refractivity contribution >= 4 is 17.9 Å². The second kappa shape index (κ2) is 39.6. The second-order valence-electron chi connectivity index (χ2n) is 15.6. The highest BCUT2D eigenvalue weighted by Gasteiger charge is 2.19. The number of unbranched alkanes of at least 4 members (excludes halogenated alkanes) is 26. The Kier molecular flexibility index (Phi) is 38.4. The summed E-state index contributed by atoms with van der Waals surface area (Å²) in [6, 6.07) is 0. The first-order valence-electron chi connectivity index (χ1n) is 22.4. The fourth-order valence-corrected chi connectivity index (χ4v) is 6.59. The van der Waals surface area contributed by atoms with E-state index in [9.17, 15) is 14.4 Å². The molecule has 302 valence electrons. The molecule has 6 nitrogen and oxygen atoms in total. The predicted octanol–water partition coefficient (Wildman–Crippen LogP) is 13.9. The minimum Gasteiger partial charge on any atom is -0.462 e. The van der Waals surface area contributed by atoms with Gasteiger partial charge in [-0.25, -0.2) is 0 Å². The lowest BCUT2D eigenvalue weighted by atomic mass is 9.99. The smallest absolute Gasteiger partial charge is 0.306 e. The molecule has 1 unspecified atom stereocenters. The van der Waals surface area contributed by atoms with E-state index >= 15 is 0 Å².